The highest BCUT2D eigenvalue weighted by Crippen LogP contribution is 2.28. The first kappa shape index (κ1) is 20.5. The normalized spacial score (nSPS) is 11.5. The smallest absolute Gasteiger partial charge is 0.325 e. The molecule has 3 rings (SSSR count). The maximum Gasteiger partial charge on any atom is 0.325 e. The highest BCUT2D eigenvalue weighted by Gasteiger charge is 2.21. The van der Waals surface area contributed by atoms with Gasteiger partial charge in [0.25, 0.3) is 11.6 Å². The third-order valence-corrected chi connectivity index (χ3v) is 5.26. The predicted octanol–water partition coefficient (Wildman–Crippen LogP) is 3.19. The van der Waals surface area contributed by atoms with Gasteiger partial charge in [-0.3, -0.25) is 19.7 Å². The number of nitro benzene ring substituents is 1. The molecule has 1 heterocycles. The number of aromatic nitrogens is 1. The lowest BCUT2D eigenvalue weighted by Gasteiger charge is -2.07. The molecule has 1 amide bonds. The molecule has 3 aromatic rings. The molecule has 11 heteroatoms. The fourth-order valence-electron chi connectivity index (χ4n) is 2.67. The van der Waals surface area contributed by atoms with Gasteiger partial charge >= 0.3 is 5.97 Å². The van der Waals surface area contributed by atoms with Crippen molar-refractivity contribution < 1.29 is 24.0 Å². The average molecular weight is 436 g/mol. The van der Waals surface area contributed by atoms with E-state index in [1.807, 2.05) is 0 Å². The third-order valence-electron chi connectivity index (χ3n) is 3.98. The molecule has 0 radical (unpaired) electrons. The van der Waals surface area contributed by atoms with Crippen LogP contribution in [-0.4, -0.2) is 35.6 Å². The second-order valence-electron chi connectivity index (χ2n) is 5.69. The highest BCUT2D eigenvalue weighted by atomic mass is 35.5. The summed E-state index contributed by atoms with van der Waals surface area (Å²) < 4.78 is 12.3. The van der Waals surface area contributed by atoms with Gasteiger partial charge in [0.15, 0.2) is 4.80 Å². The summed E-state index contributed by atoms with van der Waals surface area (Å²) in [4.78, 5) is 39.4. The number of nitro groups is 1. The first-order valence-electron chi connectivity index (χ1n) is 8.12. The Hall–Kier alpha value is -3.24. The molecule has 1 aromatic heterocycles. The Morgan fingerprint density at radius 1 is 1.28 bits per heavy atom. The van der Waals surface area contributed by atoms with Gasteiger partial charge in [0.2, 0.25) is 0 Å². The van der Waals surface area contributed by atoms with Crippen molar-refractivity contribution >= 4 is 50.7 Å². The molecular weight excluding hydrogens is 422 g/mol. The molecule has 0 N–H and O–H groups in total. The quantitative estimate of drug-likeness (QED) is 0.345. The number of rotatable bonds is 5. The molecule has 0 bridgehead atoms. The molecule has 0 saturated heterocycles. The van der Waals surface area contributed by atoms with Gasteiger partial charge in [-0.25, -0.2) is 0 Å². The standard InChI is InChI=1S/C18H14ClN3O6S/c1-27-13-4-3-5-14-16(13)21(9-15(23)28-2)18(29-14)20-17(24)11-8-10(19)6-7-12(11)22(25)26/h3-8H,9H2,1-2H3. The van der Waals surface area contributed by atoms with E-state index in [0.717, 1.165) is 17.4 Å². The van der Waals surface area contributed by atoms with Crippen LogP contribution in [0.2, 0.25) is 5.02 Å². The fourth-order valence-corrected chi connectivity index (χ4v) is 3.89. The Morgan fingerprint density at radius 3 is 2.69 bits per heavy atom. The van der Waals surface area contributed by atoms with Crippen molar-refractivity contribution in [2.45, 2.75) is 6.54 Å². The molecule has 150 valence electrons. The SMILES string of the molecule is COC(=O)Cn1c(=NC(=O)c2cc(Cl)ccc2[N+](=O)[O-])sc2cccc(OC)c21. The number of esters is 1. The monoisotopic (exact) mass is 435 g/mol. The number of nitrogens with zero attached hydrogens (tertiary/aromatic N) is 3. The lowest BCUT2D eigenvalue weighted by molar-refractivity contribution is -0.385. The van der Waals surface area contributed by atoms with Crippen LogP contribution in [0.1, 0.15) is 10.4 Å². The van der Waals surface area contributed by atoms with E-state index in [2.05, 4.69) is 4.99 Å². The van der Waals surface area contributed by atoms with E-state index in [1.54, 1.807) is 18.2 Å². The Labute approximate surface area is 172 Å². The van der Waals surface area contributed by atoms with E-state index in [4.69, 9.17) is 21.1 Å². The number of hydrogen-bond acceptors (Lipinski definition) is 7. The largest absolute Gasteiger partial charge is 0.495 e. The molecule has 29 heavy (non-hydrogen) atoms. The average Bonchev–Trinajstić information content (AvgIpc) is 3.04. The molecular formula is C18H14ClN3O6S. The van der Waals surface area contributed by atoms with Crippen LogP contribution >= 0.6 is 22.9 Å². The summed E-state index contributed by atoms with van der Waals surface area (Å²) in [6, 6.07) is 8.88. The number of hydrogen-bond donors (Lipinski definition) is 0. The van der Waals surface area contributed by atoms with Gasteiger partial charge in [-0.1, -0.05) is 29.0 Å². The molecule has 0 atom stereocenters. The van der Waals surface area contributed by atoms with Crippen LogP contribution < -0.4 is 9.54 Å². The first-order chi connectivity index (χ1) is 13.8. The van der Waals surface area contributed by atoms with E-state index >= 15 is 0 Å². The Morgan fingerprint density at radius 2 is 2.03 bits per heavy atom. The van der Waals surface area contributed by atoms with Crippen LogP contribution in [-0.2, 0) is 16.1 Å². The van der Waals surface area contributed by atoms with Crippen LogP contribution in [0.3, 0.4) is 0 Å². The number of para-hydroxylation sites is 1. The van der Waals surface area contributed by atoms with Crippen LogP contribution in [0.25, 0.3) is 10.2 Å². The maximum absolute atomic E-state index is 12.7. The summed E-state index contributed by atoms with van der Waals surface area (Å²) in [7, 11) is 2.72. The molecule has 0 aliphatic carbocycles. The van der Waals surface area contributed by atoms with Crippen LogP contribution in [0, 0.1) is 10.1 Å². The van der Waals surface area contributed by atoms with Crippen molar-refractivity contribution in [3.8, 4) is 5.75 Å². The van der Waals surface area contributed by atoms with Crippen molar-refractivity contribution in [3.05, 3.63) is 61.9 Å². The molecule has 0 saturated carbocycles. The minimum Gasteiger partial charge on any atom is -0.495 e. The second kappa shape index (κ2) is 8.41. The molecule has 2 aromatic carbocycles. The summed E-state index contributed by atoms with van der Waals surface area (Å²) in [6.45, 7) is -0.222. The molecule has 9 nitrogen and oxygen atoms in total. The van der Waals surface area contributed by atoms with Crippen molar-refractivity contribution in [1.82, 2.24) is 4.57 Å². The summed E-state index contributed by atoms with van der Waals surface area (Å²) in [5, 5.41) is 11.4. The minimum atomic E-state index is -0.858. The van der Waals surface area contributed by atoms with Crippen molar-refractivity contribution in [1.29, 1.82) is 0 Å². The molecule has 0 unspecified atom stereocenters. The van der Waals surface area contributed by atoms with E-state index in [0.29, 0.717) is 16.0 Å². The summed E-state index contributed by atoms with van der Waals surface area (Å²) in [5.41, 5.74) is -0.115. The summed E-state index contributed by atoms with van der Waals surface area (Å²) >= 11 is 7.03. The molecule has 0 aliphatic rings. The zero-order valence-electron chi connectivity index (χ0n) is 15.2. The topological polar surface area (TPSA) is 113 Å². The number of ether oxygens (including phenoxy) is 2. The van der Waals surface area contributed by atoms with Gasteiger partial charge in [-0.15, -0.1) is 0 Å². The molecule has 0 fully saturated rings. The number of halogens is 1. The van der Waals surface area contributed by atoms with Crippen LogP contribution in [0.15, 0.2) is 41.4 Å². The summed E-state index contributed by atoms with van der Waals surface area (Å²) in [5.74, 6) is -0.938. The van der Waals surface area contributed by atoms with E-state index in [9.17, 15) is 19.7 Å². The lowest BCUT2D eigenvalue weighted by Crippen LogP contribution is -2.22. The van der Waals surface area contributed by atoms with Gasteiger partial charge in [-0.2, -0.15) is 4.99 Å². The van der Waals surface area contributed by atoms with Gasteiger partial charge in [-0.05, 0) is 24.3 Å². The van der Waals surface area contributed by atoms with Gasteiger partial charge in [0, 0.05) is 11.1 Å². The van der Waals surface area contributed by atoms with Crippen LogP contribution in [0.5, 0.6) is 5.75 Å². The summed E-state index contributed by atoms with van der Waals surface area (Å²) in [6.07, 6.45) is 0. The Kier molecular flexibility index (Phi) is 5.95. The second-order valence-corrected chi connectivity index (χ2v) is 7.14. The number of fused-ring (bicyclic) bond motifs is 1. The van der Waals surface area contributed by atoms with Crippen molar-refractivity contribution in [2.75, 3.05) is 14.2 Å². The van der Waals surface area contributed by atoms with Gasteiger partial charge in [0.05, 0.1) is 23.8 Å². The Balaban J connectivity index is 2.24. The van der Waals surface area contributed by atoms with E-state index < -0.39 is 22.5 Å². The molecule has 0 spiro atoms. The van der Waals surface area contributed by atoms with Crippen molar-refractivity contribution in [3.63, 3.8) is 0 Å². The van der Waals surface area contributed by atoms with Gasteiger partial charge < -0.3 is 14.0 Å². The predicted molar refractivity (Wildman–Crippen MR) is 106 cm³/mol. The maximum atomic E-state index is 12.7. The molecule has 0 aliphatic heterocycles. The fraction of sp³-hybridized carbons (Fsp3) is 0.167. The number of carbonyl (C=O) groups excluding carboxylic acids is 2. The number of thiazole rings is 1. The third kappa shape index (κ3) is 4.13. The highest BCUT2D eigenvalue weighted by molar-refractivity contribution is 7.16. The first-order valence-corrected chi connectivity index (χ1v) is 9.31. The zero-order valence-corrected chi connectivity index (χ0v) is 16.8. The van der Waals surface area contributed by atoms with Crippen LogP contribution in [0.4, 0.5) is 5.69 Å². The Bertz CT molecular complexity index is 1200. The number of methoxy groups -OCH3 is 2. The van der Waals surface area contributed by atoms with Gasteiger partial charge in [0.1, 0.15) is 23.4 Å². The van der Waals surface area contributed by atoms with E-state index in [-0.39, 0.29) is 21.9 Å². The number of carbonyl (C=O) groups is 2. The number of benzene rings is 2. The zero-order chi connectivity index (χ0) is 21.1. The minimum absolute atomic E-state index is 0.161. The van der Waals surface area contributed by atoms with E-state index in [1.165, 1.54) is 30.9 Å². The van der Waals surface area contributed by atoms with Crippen molar-refractivity contribution in [2.24, 2.45) is 4.99 Å². The number of amides is 1. The lowest BCUT2D eigenvalue weighted by atomic mass is 10.2.